The summed E-state index contributed by atoms with van der Waals surface area (Å²) in [6.45, 7) is 0.422. The molecule has 4 aromatic rings. The molecule has 0 radical (unpaired) electrons. The maximum absolute atomic E-state index is 13.5. The summed E-state index contributed by atoms with van der Waals surface area (Å²) in [6, 6.07) is 12.3. The van der Waals surface area contributed by atoms with Gasteiger partial charge < -0.3 is 9.67 Å². The quantitative estimate of drug-likeness (QED) is 0.368. The normalized spacial score (nSPS) is 11.6. The number of nitrogens with zero attached hydrogens (tertiary/aromatic N) is 4. The fourth-order valence-corrected chi connectivity index (χ4v) is 3.83. The largest absolute Gasteiger partial charge is 0.378 e. The first-order valence-corrected chi connectivity index (χ1v) is 10.8. The molecule has 0 saturated carbocycles. The Morgan fingerprint density at radius 1 is 0.912 bits per heavy atom. The number of aliphatic hydroxyl groups is 1. The molecule has 2 aromatic heterocycles. The Bertz CT molecular complexity index is 1320. The van der Waals surface area contributed by atoms with Gasteiger partial charge in [0.1, 0.15) is 17.2 Å². The zero-order valence-corrected chi connectivity index (χ0v) is 18.2. The molecule has 0 aliphatic rings. The number of H-pyrrole nitrogens is 1. The van der Waals surface area contributed by atoms with E-state index in [-0.39, 0.29) is 6.54 Å². The summed E-state index contributed by atoms with van der Waals surface area (Å²) in [6.07, 6.45) is 5.00. The molecule has 0 fully saturated rings. The lowest BCUT2D eigenvalue weighted by molar-refractivity contribution is 0.0556. The number of aromatic nitrogens is 5. The number of aromatic amines is 1. The number of aryl methyl sites for hydroxylation is 2. The molecule has 0 spiro atoms. The van der Waals surface area contributed by atoms with Crippen molar-refractivity contribution in [2.75, 3.05) is 0 Å². The third-order valence-corrected chi connectivity index (χ3v) is 5.70. The van der Waals surface area contributed by atoms with E-state index in [1.807, 2.05) is 0 Å². The van der Waals surface area contributed by atoms with Crippen molar-refractivity contribution in [3.8, 4) is 0 Å². The second kappa shape index (κ2) is 9.92. The predicted octanol–water partition coefficient (Wildman–Crippen LogP) is 2.37. The van der Waals surface area contributed by atoms with Crippen LogP contribution in [-0.4, -0.2) is 29.7 Å². The third-order valence-electron chi connectivity index (χ3n) is 5.70. The topological polar surface area (TPSA) is 106 Å². The average Bonchev–Trinajstić information content (AvgIpc) is 3.25. The molecular formula is C24H23F2N5O3. The zero-order chi connectivity index (χ0) is 24.1. The van der Waals surface area contributed by atoms with E-state index < -0.39 is 28.5 Å². The summed E-state index contributed by atoms with van der Waals surface area (Å²) >= 11 is 0. The standard InChI is InChI=1S/C24H23F2N5O3/c25-19-8-4-17(5-9-19)24(34,18-6-10-20(26)11-7-18)16-31-21(15-27-29-31)3-1-2-13-30-14-12-22(32)28-23(30)33/h4-12,14-15,34H,1-3,13,16H2,(H,28,32,33). The smallest absolute Gasteiger partial charge is 0.328 e. The van der Waals surface area contributed by atoms with Crippen molar-refractivity contribution < 1.29 is 13.9 Å². The summed E-state index contributed by atoms with van der Waals surface area (Å²) in [5.41, 5.74) is -0.878. The summed E-state index contributed by atoms with van der Waals surface area (Å²) in [5, 5.41) is 19.8. The lowest BCUT2D eigenvalue weighted by Crippen LogP contribution is -2.34. The van der Waals surface area contributed by atoms with E-state index in [4.69, 9.17) is 0 Å². The van der Waals surface area contributed by atoms with Crippen LogP contribution in [0.1, 0.15) is 29.7 Å². The van der Waals surface area contributed by atoms with Crippen LogP contribution in [0.5, 0.6) is 0 Å². The highest BCUT2D eigenvalue weighted by Gasteiger charge is 2.33. The average molecular weight is 467 g/mol. The molecule has 2 aromatic carbocycles. The molecule has 0 aliphatic heterocycles. The van der Waals surface area contributed by atoms with Crippen LogP contribution in [0, 0.1) is 11.6 Å². The second-order valence-corrected chi connectivity index (χ2v) is 8.02. The molecule has 176 valence electrons. The van der Waals surface area contributed by atoms with Crippen molar-refractivity contribution in [3.63, 3.8) is 0 Å². The van der Waals surface area contributed by atoms with Gasteiger partial charge in [0.2, 0.25) is 0 Å². The summed E-state index contributed by atoms with van der Waals surface area (Å²) in [5.74, 6) is -0.874. The number of hydrogen-bond donors (Lipinski definition) is 2. The summed E-state index contributed by atoms with van der Waals surface area (Å²) in [7, 11) is 0. The van der Waals surface area contributed by atoms with E-state index in [2.05, 4.69) is 15.3 Å². The van der Waals surface area contributed by atoms with Crippen molar-refractivity contribution >= 4 is 0 Å². The number of halogens is 2. The van der Waals surface area contributed by atoms with Gasteiger partial charge in [-0.2, -0.15) is 0 Å². The first kappa shape index (κ1) is 23.2. The SMILES string of the molecule is O=c1ccn(CCCCc2cnnn2CC(O)(c2ccc(F)cc2)c2ccc(F)cc2)c(=O)[nH]1. The number of unbranched alkanes of at least 4 members (excludes halogenated alkanes) is 1. The van der Waals surface area contributed by atoms with E-state index in [1.54, 1.807) is 10.9 Å². The number of benzene rings is 2. The second-order valence-electron chi connectivity index (χ2n) is 8.02. The summed E-state index contributed by atoms with van der Waals surface area (Å²) < 4.78 is 30.0. The van der Waals surface area contributed by atoms with Gasteiger partial charge in [0.15, 0.2) is 0 Å². The van der Waals surface area contributed by atoms with Gasteiger partial charge in [0, 0.05) is 18.8 Å². The highest BCUT2D eigenvalue weighted by molar-refractivity contribution is 5.36. The molecule has 0 aliphatic carbocycles. The van der Waals surface area contributed by atoms with Crippen LogP contribution in [-0.2, 0) is 25.1 Å². The Kier molecular flexibility index (Phi) is 6.78. The lowest BCUT2D eigenvalue weighted by atomic mass is 9.86. The molecule has 0 bridgehead atoms. The highest BCUT2D eigenvalue weighted by Crippen LogP contribution is 2.32. The maximum Gasteiger partial charge on any atom is 0.328 e. The molecular weight excluding hydrogens is 444 g/mol. The van der Waals surface area contributed by atoms with Crippen LogP contribution in [0.4, 0.5) is 8.78 Å². The zero-order valence-electron chi connectivity index (χ0n) is 18.2. The van der Waals surface area contributed by atoms with Gasteiger partial charge in [-0.05, 0) is 54.7 Å². The van der Waals surface area contributed by atoms with E-state index in [1.165, 1.54) is 65.4 Å². The van der Waals surface area contributed by atoms with Gasteiger partial charge in [-0.15, -0.1) is 5.10 Å². The van der Waals surface area contributed by atoms with E-state index in [0.29, 0.717) is 36.9 Å². The molecule has 2 N–H and O–H groups in total. The number of nitrogens with one attached hydrogen (secondary N) is 1. The minimum Gasteiger partial charge on any atom is -0.378 e. The molecule has 0 amide bonds. The Morgan fingerprint density at radius 2 is 1.53 bits per heavy atom. The minimum atomic E-state index is -1.60. The third kappa shape index (κ3) is 5.18. The first-order valence-electron chi connectivity index (χ1n) is 10.8. The first-order chi connectivity index (χ1) is 16.3. The molecule has 0 atom stereocenters. The highest BCUT2D eigenvalue weighted by atomic mass is 19.1. The predicted molar refractivity (Wildman–Crippen MR) is 120 cm³/mol. The van der Waals surface area contributed by atoms with Crippen molar-refractivity contribution in [1.29, 1.82) is 0 Å². The Morgan fingerprint density at radius 3 is 2.12 bits per heavy atom. The Labute approximate surface area is 193 Å². The maximum atomic E-state index is 13.5. The van der Waals surface area contributed by atoms with E-state index in [9.17, 15) is 23.5 Å². The lowest BCUT2D eigenvalue weighted by Gasteiger charge is -2.30. The van der Waals surface area contributed by atoms with Crippen LogP contribution in [0.2, 0.25) is 0 Å². The van der Waals surface area contributed by atoms with Crippen LogP contribution in [0.25, 0.3) is 0 Å². The van der Waals surface area contributed by atoms with Crippen molar-refractivity contribution in [3.05, 3.63) is 116 Å². The van der Waals surface area contributed by atoms with E-state index in [0.717, 1.165) is 5.69 Å². The van der Waals surface area contributed by atoms with Crippen molar-refractivity contribution in [2.24, 2.45) is 0 Å². The van der Waals surface area contributed by atoms with Gasteiger partial charge in [0.05, 0.1) is 18.4 Å². The Balaban J connectivity index is 1.51. The van der Waals surface area contributed by atoms with E-state index >= 15 is 0 Å². The van der Waals surface area contributed by atoms with Gasteiger partial charge in [-0.3, -0.25) is 9.78 Å². The van der Waals surface area contributed by atoms with Crippen LogP contribution in [0.15, 0.2) is 76.6 Å². The number of rotatable bonds is 9. The molecule has 0 saturated heterocycles. The monoisotopic (exact) mass is 467 g/mol. The Hall–Kier alpha value is -3.92. The van der Waals surface area contributed by atoms with Gasteiger partial charge in [-0.1, -0.05) is 29.5 Å². The summed E-state index contributed by atoms with van der Waals surface area (Å²) in [4.78, 5) is 25.2. The molecule has 0 unspecified atom stereocenters. The molecule has 8 nitrogen and oxygen atoms in total. The van der Waals surface area contributed by atoms with Crippen molar-refractivity contribution in [2.45, 2.75) is 38.0 Å². The van der Waals surface area contributed by atoms with Crippen molar-refractivity contribution in [1.82, 2.24) is 24.5 Å². The molecule has 34 heavy (non-hydrogen) atoms. The molecule has 2 heterocycles. The van der Waals surface area contributed by atoms with Crippen LogP contribution in [0.3, 0.4) is 0 Å². The van der Waals surface area contributed by atoms with Crippen LogP contribution >= 0.6 is 0 Å². The molecule has 10 heteroatoms. The minimum absolute atomic E-state index is 0.0149. The fraction of sp³-hybridized carbons (Fsp3) is 0.250. The van der Waals surface area contributed by atoms with Gasteiger partial charge in [0.25, 0.3) is 5.56 Å². The van der Waals surface area contributed by atoms with Gasteiger partial charge in [-0.25, -0.2) is 18.3 Å². The van der Waals surface area contributed by atoms with Crippen LogP contribution < -0.4 is 11.2 Å². The number of hydrogen-bond acceptors (Lipinski definition) is 5. The van der Waals surface area contributed by atoms with Gasteiger partial charge >= 0.3 is 5.69 Å². The fourth-order valence-electron chi connectivity index (χ4n) is 3.83. The molecule has 4 rings (SSSR count).